The number of ether oxygens (including phenoxy) is 2. The molecule has 29 heavy (non-hydrogen) atoms. The molecule has 0 saturated carbocycles. The van der Waals surface area contributed by atoms with Gasteiger partial charge in [-0.15, -0.1) is 0 Å². The van der Waals surface area contributed by atoms with Crippen molar-refractivity contribution in [2.75, 3.05) is 50.8 Å². The maximum atomic E-state index is 14.1. The Hall–Kier alpha value is -2.31. The topological polar surface area (TPSA) is 37.0 Å². The molecular weight excluding hydrogens is 369 g/mol. The zero-order valence-electron chi connectivity index (χ0n) is 17.3. The molecule has 1 N–H and O–H groups in total. The first-order chi connectivity index (χ1) is 14.1. The molecule has 2 aromatic rings. The molecular formula is C23H30FN3O2. The highest BCUT2D eigenvalue weighted by Gasteiger charge is 2.21. The van der Waals surface area contributed by atoms with Gasteiger partial charge in [0.15, 0.2) is 11.5 Å². The highest BCUT2D eigenvalue weighted by atomic mass is 19.1. The molecule has 2 aliphatic heterocycles. The van der Waals surface area contributed by atoms with Crippen LogP contribution in [-0.4, -0.2) is 50.8 Å². The second-order valence-electron chi connectivity index (χ2n) is 7.71. The van der Waals surface area contributed by atoms with Crippen LogP contribution in [0.15, 0.2) is 36.4 Å². The standard InChI is InChI=1S/C23H30FN3O2/c1-3-26-8-10-27(11-9-26)21-6-5-19(24)15-20(21)17(2)25-16-18-4-7-22-23(14-18)29-13-12-28-22/h4-7,14-15,17,25H,3,8-13,16H2,1-2H3. The SMILES string of the molecule is CCN1CCN(c2ccc(F)cc2C(C)NCc2ccc3c(c2)OCCO3)CC1. The number of anilines is 1. The Labute approximate surface area is 172 Å². The summed E-state index contributed by atoms with van der Waals surface area (Å²) in [5.74, 6) is 1.40. The van der Waals surface area contributed by atoms with E-state index in [0.717, 1.165) is 61.0 Å². The molecule has 0 amide bonds. The minimum Gasteiger partial charge on any atom is -0.486 e. The first kappa shape index (κ1) is 20.0. The predicted molar refractivity (Wildman–Crippen MR) is 113 cm³/mol. The second-order valence-corrected chi connectivity index (χ2v) is 7.71. The third-order valence-electron chi connectivity index (χ3n) is 5.84. The Morgan fingerprint density at radius 1 is 1.00 bits per heavy atom. The van der Waals surface area contributed by atoms with Gasteiger partial charge in [-0.3, -0.25) is 0 Å². The summed E-state index contributed by atoms with van der Waals surface area (Å²) >= 11 is 0. The Morgan fingerprint density at radius 3 is 2.52 bits per heavy atom. The van der Waals surface area contributed by atoms with Gasteiger partial charge in [-0.1, -0.05) is 13.0 Å². The Kier molecular flexibility index (Phi) is 6.21. The van der Waals surface area contributed by atoms with Crippen LogP contribution in [0.3, 0.4) is 0 Å². The van der Waals surface area contributed by atoms with E-state index in [1.54, 1.807) is 12.1 Å². The number of nitrogens with one attached hydrogen (secondary N) is 1. The fraction of sp³-hybridized carbons (Fsp3) is 0.478. The van der Waals surface area contributed by atoms with Crippen LogP contribution in [0.2, 0.25) is 0 Å². The van der Waals surface area contributed by atoms with Crippen LogP contribution in [0.4, 0.5) is 10.1 Å². The number of likely N-dealkylation sites (N-methyl/N-ethyl adjacent to an activating group) is 1. The maximum Gasteiger partial charge on any atom is 0.161 e. The quantitative estimate of drug-likeness (QED) is 0.804. The molecule has 1 unspecified atom stereocenters. The fourth-order valence-electron chi connectivity index (χ4n) is 4.04. The lowest BCUT2D eigenvalue weighted by molar-refractivity contribution is 0.171. The van der Waals surface area contributed by atoms with E-state index in [9.17, 15) is 4.39 Å². The third kappa shape index (κ3) is 4.65. The average molecular weight is 400 g/mol. The van der Waals surface area contributed by atoms with E-state index in [1.807, 2.05) is 24.3 Å². The van der Waals surface area contributed by atoms with Gasteiger partial charge < -0.3 is 24.6 Å². The molecule has 2 aromatic carbocycles. The molecule has 2 aliphatic rings. The Bertz CT molecular complexity index is 837. The molecule has 4 rings (SSSR count). The van der Waals surface area contributed by atoms with E-state index in [1.165, 1.54) is 0 Å². The minimum absolute atomic E-state index is 0.0260. The molecule has 5 nitrogen and oxygen atoms in total. The van der Waals surface area contributed by atoms with Crippen molar-refractivity contribution < 1.29 is 13.9 Å². The Balaban J connectivity index is 1.45. The van der Waals surface area contributed by atoms with Gasteiger partial charge in [-0.25, -0.2) is 4.39 Å². The van der Waals surface area contributed by atoms with Crippen molar-refractivity contribution in [2.45, 2.75) is 26.4 Å². The van der Waals surface area contributed by atoms with Crippen molar-refractivity contribution in [3.63, 3.8) is 0 Å². The maximum absolute atomic E-state index is 14.1. The molecule has 0 bridgehead atoms. The van der Waals surface area contributed by atoms with Gasteiger partial charge in [0.25, 0.3) is 0 Å². The second kappa shape index (κ2) is 9.01. The van der Waals surface area contributed by atoms with Gasteiger partial charge in [-0.05, 0) is 54.9 Å². The van der Waals surface area contributed by atoms with Crippen molar-refractivity contribution in [3.05, 3.63) is 53.3 Å². The van der Waals surface area contributed by atoms with Crippen LogP contribution in [0.1, 0.15) is 31.0 Å². The highest BCUT2D eigenvalue weighted by Crippen LogP contribution is 2.32. The molecule has 2 heterocycles. The number of nitrogens with zero attached hydrogens (tertiary/aromatic N) is 2. The molecule has 0 aromatic heterocycles. The summed E-state index contributed by atoms with van der Waals surface area (Å²) in [5.41, 5.74) is 3.26. The first-order valence-corrected chi connectivity index (χ1v) is 10.5. The normalized spacial score (nSPS) is 18.0. The lowest BCUT2D eigenvalue weighted by atomic mass is 10.0. The average Bonchev–Trinajstić information content (AvgIpc) is 2.77. The van der Waals surface area contributed by atoms with Gasteiger partial charge in [0.1, 0.15) is 19.0 Å². The van der Waals surface area contributed by atoms with E-state index in [2.05, 4.69) is 29.0 Å². The highest BCUT2D eigenvalue weighted by molar-refractivity contribution is 5.55. The van der Waals surface area contributed by atoms with Gasteiger partial charge in [-0.2, -0.15) is 0 Å². The van der Waals surface area contributed by atoms with E-state index in [-0.39, 0.29) is 11.9 Å². The summed E-state index contributed by atoms with van der Waals surface area (Å²) in [6, 6.07) is 11.2. The number of fused-ring (bicyclic) bond motifs is 1. The molecule has 0 spiro atoms. The number of rotatable bonds is 6. The molecule has 1 saturated heterocycles. The van der Waals surface area contributed by atoms with E-state index < -0.39 is 0 Å². The van der Waals surface area contributed by atoms with Crippen molar-refractivity contribution >= 4 is 5.69 Å². The summed E-state index contributed by atoms with van der Waals surface area (Å²) in [4.78, 5) is 4.83. The molecule has 1 atom stereocenters. The van der Waals surface area contributed by atoms with Crippen LogP contribution in [0.5, 0.6) is 11.5 Å². The number of halogens is 1. The molecule has 0 radical (unpaired) electrons. The van der Waals surface area contributed by atoms with Crippen LogP contribution in [0.25, 0.3) is 0 Å². The van der Waals surface area contributed by atoms with E-state index in [4.69, 9.17) is 9.47 Å². The molecule has 6 heteroatoms. The first-order valence-electron chi connectivity index (χ1n) is 10.5. The number of hydrogen-bond donors (Lipinski definition) is 1. The summed E-state index contributed by atoms with van der Waals surface area (Å²) in [6.45, 7) is 11.3. The van der Waals surface area contributed by atoms with Gasteiger partial charge in [0, 0.05) is 44.5 Å². The lowest BCUT2D eigenvalue weighted by Crippen LogP contribution is -2.46. The van der Waals surface area contributed by atoms with Gasteiger partial charge in [0.2, 0.25) is 0 Å². The predicted octanol–water partition coefficient (Wildman–Crippen LogP) is 3.59. The number of hydrogen-bond acceptors (Lipinski definition) is 5. The van der Waals surface area contributed by atoms with E-state index >= 15 is 0 Å². The summed E-state index contributed by atoms with van der Waals surface area (Å²) in [5, 5.41) is 3.55. The molecule has 156 valence electrons. The van der Waals surface area contributed by atoms with Crippen molar-refractivity contribution in [2.24, 2.45) is 0 Å². The lowest BCUT2D eigenvalue weighted by Gasteiger charge is -2.37. The van der Waals surface area contributed by atoms with Gasteiger partial charge in [0.05, 0.1) is 0 Å². The zero-order valence-corrected chi connectivity index (χ0v) is 17.3. The van der Waals surface area contributed by atoms with E-state index in [0.29, 0.717) is 19.8 Å². The molecule has 0 aliphatic carbocycles. The fourth-order valence-corrected chi connectivity index (χ4v) is 4.04. The molecule has 1 fully saturated rings. The van der Waals surface area contributed by atoms with Crippen LogP contribution in [-0.2, 0) is 6.54 Å². The van der Waals surface area contributed by atoms with Gasteiger partial charge >= 0.3 is 0 Å². The summed E-state index contributed by atoms with van der Waals surface area (Å²) in [6.07, 6.45) is 0. The van der Waals surface area contributed by atoms with Crippen LogP contribution < -0.4 is 19.7 Å². The smallest absolute Gasteiger partial charge is 0.161 e. The van der Waals surface area contributed by atoms with Crippen LogP contribution >= 0.6 is 0 Å². The largest absolute Gasteiger partial charge is 0.486 e. The Morgan fingerprint density at radius 2 is 1.76 bits per heavy atom. The van der Waals surface area contributed by atoms with Crippen molar-refractivity contribution in [1.82, 2.24) is 10.2 Å². The summed E-state index contributed by atoms with van der Waals surface area (Å²) < 4.78 is 25.3. The summed E-state index contributed by atoms with van der Waals surface area (Å²) in [7, 11) is 0. The van der Waals surface area contributed by atoms with Crippen LogP contribution in [0, 0.1) is 5.82 Å². The van der Waals surface area contributed by atoms with Crippen molar-refractivity contribution in [1.29, 1.82) is 0 Å². The van der Waals surface area contributed by atoms with Crippen molar-refractivity contribution in [3.8, 4) is 11.5 Å². The number of piperazine rings is 1. The minimum atomic E-state index is -0.191. The monoisotopic (exact) mass is 399 g/mol. The number of benzene rings is 2. The zero-order chi connectivity index (χ0) is 20.2. The third-order valence-corrected chi connectivity index (χ3v) is 5.84.